The summed E-state index contributed by atoms with van der Waals surface area (Å²) in [6.45, 7) is -0.312. The normalized spacial score (nSPS) is 25.5. The van der Waals surface area contributed by atoms with Crippen molar-refractivity contribution in [2.45, 2.75) is 69.0 Å². The summed E-state index contributed by atoms with van der Waals surface area (Å²) in [5.74, 6) is -4.33. The number of carbonyl (C=O) groups is 6. The minimum absolute atomic E-state index is 0.0143. The van der Waals surface area contributed by atoms with E-state index in [0.717, 1.165) is 42.5 Å². The van der Waals surface area contributed by atoms with Crippen LogP contribution in [0, 0.1) is 0 Å². The molecule has 4 rings (SSSR count). The van der Waals surface area contributed by atoms with E-state index in [1.807, 2.05) is 0 Å². The van der Waals surface area contributed by atoms with Gasteiger partial charge in [-0.1, -0.05) is 6.07 Å². The average molecular weight is 681 g/mol. The highest BCUT2D eigenvalue weighted by Gasteiger charge is 2.48. The number of carboxylic acid groups (broad SMARTS) is 1. The van der Waals surface area contributed by atoms with E-state index in [9.17, 15) is 49.2 Å². The second-order valence-electron chi connectivity index (χ2n) is 11.0. The number of amides is 5. The predicted molar refractivity (Wildman–Crippen MR) is 163 cm³/mol. The highest BCUT2D eigenvalue weighted by atomic mass is 31.0. The first kappa shape index (κ1) is 35.7. The average Bonchev–Trinajstić information content (AvgIpc) is 3.62. The van der Waals surface area contributed by atoms with E-state index >= 15 is 0 Å². The third-order valence-electron chi connectivity index (χ3n) is 7.72. The largest absolute Gasteiger partial charge is 0.479 e. The van der Waals surface area contributed by atoms with E-state index < -0.39 is 72.9 Å². The SMILES string of the molecule is O=C(CN1C(=O)C=CC1=O)NCCC(=O)Nc1cc(COC(=O)N2CCCC2CCP)ccc1OC1O[C@H](C(=O)O)[C@@H](O)[C@H](O)[C@H]1O. The van der Waals surface area contributed by atoms with Gasteiger partial charge in [-0.15, -0.1) is 9.24 Å². The Morgan fingerprint density at radius 3 is 2.43 bits per heavy atom. The van der Waals surface area contributed by atoms with Gasteiger partial charge in [0.1, 0.15) is 37.2 Å². The summed E-state index contributed by atoms with van der Waals surface area (Å²) >= 11 is 0. The van der Waals surface area contributed by atoms with E-state index in [0.29, 0.717) is 12.1 Å². The molecule has 7 atom stereocenters. The molecule has 47 heavy (non-hydrogen) atoms. The van der Waals surface area contributed by atoms with Gasteiger partial charge in [0.15, 0.2) is 6.10 Å². The molecule has 1 aromatic carbocycles. The van der Waals surface area contributed by atoms with Gasteiger partial charge in [0.05, 0.1) is 5.69 Å². The van der Waals surface area contributed by atoms with Crippen molar-refractivity contribution in [3.05, 3.63) is 35.9 Å². The minimum Gasteiger partial charge on any atom is -0.479 e. The van der Waals surface area contributed by atoms with Gasteiger partial charge in [0.25, 0.3) is 11.8 Å². The smallest absolute Gasteiger partial charge is 0.410 e. The number of carboxylic acids is 1. The molecule has 1 aromatic rings. The molecular formula is C29H37N4O13P. The van der Waals surface area contributed by atoms with E-state index in [1.54, 1.807) is 4.90 Å². The summed E-state index contributed by atoms with van der Waals surface area (Å²) in [4.78, 5) is 75.1. The molecule has 17 nitrogen and oxygen atoms in total. The molecule has 3 aliphatic rings. The zero-order valence-electron chi connectivity index (χ0n) is 25.1. The molecule has 2 saturated heterocycles. The Balaban J connectivity index is 1.43. The van der Waals surface area contributed by atoms with Gasteiger partial charge in [-0.2, -0.15) is 0 Å². The molecular weight excluding hydrogens is 643 g/mol. The summed E-state index contributed by atoms with van der Waals surface area (Å²) in [5.41, 5.74) is 0.410. The molecule has 5 amide bonds. The van der Waals surface area contributed by atoms with Crippen molar-refractivity contribution in [2.24, 2.45) is 0 Å². The number of hydrogen-bond acceptors (Lipinski definition) is 12. The minimum atomic E-state index is -1.95. The van der Waals surface area contributed by atoms with Crippen LogP contribution in [0.5, 0.6) is 5.75 Å². The van der Waals surface area contributed by atoms with Gasteiger partial charge in [0, 0.05) is 37.7 Å². The second-order valence-corrected chi connectivity index (χ2v) is 11.6. The molecule has 0 spiro atoms. The van der Waals surface area contributed by atoms with E-state index in [2.05, 4.69) is 19.9 Å². The number of nitrogens with zero attached hydrogens (tertiary/aromatic N) is 2. The Labute approximate surface area is 271 Å². The van der Waals surface area contributed by atoms with Crippen LogP contribution in [0.25, 0.3) is 0 Å². The zero-order chi connectivity index (χ0) is 34.2. The van der Waals surface area contributed by atoms with E-state index in [-0.39, 0.29) is 37.1 Å². The fourth-order valence-corrected chi connectivity index (χ4v) is 5.64. The number of likely N-dealkylation sites (tertiary alicyclic amines) is 1. The number of rotatable bonds is 13. The van der Waals surface area contributed by atoms with Crippen LogP contribution in [0.4, 0.5) is 10.5 Å². The van der Waals surface area contributed by atoms with Crippen molar-refractivity contribution in [3.8, 4) is 5.75 Å². The number of hydrogen-bond donors (Lipinski definition) is 6. The molecule has 2 fully saturated rings. The third kappa shape index (κ3) is 9.02. The lowest BCUT2D eigenvalue weighted by atomic mass is 9.99. The van der Waals surface area contributed by atoms with Crippen molar-refractivity contribution < 1.29 is 63.4 Å². The van der Waals surface area contributed by atoms with Crippen molar-refractivity contribution in [2.75, 3.05) is 31.1 Å². The van der Waals surface area contributed by atoms with Crippen LogP contribution in [0.3, 0.4) is 0 Å². The van der Waals surface area contributed by atoms with Crippen LogP contribution in [0.2, 0.25) is 0 Å². The summed E-state index contributed by atoms with van der Waals surface area (Å²) in [7, 11) is 2.64. The van der Waals surface area contributed by atoms with Gasteiger partial charge >= 0.3 is 12.1 Å². The van der Waals surface area contributed by atoms with Gasteiger partial charge in [-0.05, 0) is 43.1 Å². The van der Waals surface area contributed by atoms with Crippen molar-refractivity contribution in [3.63, 3.8) is 0 Å². The van der Waals surface area contributed by atoms with Gasteiger partial charge in [-0.3, -0.25) is 24.1 Å². The lowest BCUT2D eigenvalue weighted by Gasteiger charge is -2.38. The van der Waals surface area contributed by atoms with Gasteiger partial charge < -0.3 is 50.2 Å². The Morgan fingerprint density at radius 1 is 1.02 bits per heavy atom. The molecule has 0 aromatic heterocycles. The molecule has 3 heterocycles. The first-order valence-corrected chi connectivity index (χ1v) is 15.7. The fourth-order valence-electron chi connectivity index (χ4n) is 5.25. The Hall–Kier alpha value is -4.15. The fraction of sp³-hybridized carbons (Fsp3) is 0.517. The molecule has 256 valence electrons. The number of anilines is 1. The predicted octanol–water partition coefficient (Wildman–Crippen LogP) is -1.31. The topological polar surface area (TPSA) is 242 Å². The summed E-state index contributed by atoms with van der Waals surface area (Å²) in [6, 6.07) is 4.32. The van der Waals surface area contributed by atoms with Crippen LogP contribution >= 0.6 is 9.24 Å². The maximum atomic E-state index is 12.9. The zero-order valence-corrected chi connectivity index (χ0v) is 26.3. The first-order chi connectivity index (χ1) is 22.4. The number of imide groups is 1. The molecule has 6 N–H and O–H groups in total. The van der Waals surface area contributed by atoms with Crippen molar-refractivity contribution in [1.82, 2.24) is 15.1 Å². The van der Waals surface area contributed by atoms with E-state index in [4.69, 9.17) is 14.2 Å². The first-order valence-electron chi connectivity index (χ1n) is 14.8. The second kappa shape index (κ2) is 16.1. The maximum Gasteiger partial charge on any atom is 0.410 e. The number of carbonyl (C=O) groups excluding carboxylic acids is 5. The molecule has 0 bridgehead atoms. The number of aliphatic carboxylic acids is 1. The molecule has 3 aliphatic heterocycles. The number of benzene rings is 1. The van der Waals surface area contributed by atoms with Crippen LogP contribution in [-0.2, 0) is 40.1 Å². The van der Waals surface area contributed by atoms with Gasteiger partial charge in [0.2, 0.25) is 18.1 Å². The molecule has 0 aliphatic carbocycles. The quantitative estimate of drug-likeness (QED) is 0.105. The summed E-state index contributed by atoms with van der Waals surface area (Å²) in [6.07, 6.45) is -4.76. The molecule has 18 heteroatoms. The van der Waals surface area contributed by atoms with Crippen LogP contribution in [0.1, 0.15) is 31.2 Å². The molecule has 3 unspecified atom stereocenters. The highest BCUT2D eigenvalue weighted by molar-refractivity contribution is 7.16. The standard InChI is InChI=1S/C29H37N4O13P/c34-19(7-9-30-20(35)13-33-21(36)5-6-22(33)37)31-17-12-15(14-44-29(43)32-10-1-2-16(32)8-11-47)3-4-18(17)45-28-25(40)23(38)24(39)26(46-28)27(41)42/h3-6,12,16,23-26,28,38-40H,1-2,7-11,13-14,47H2,(H,30,35)(H,31,34)(H,41,42)/t16?,23-,24-,25+,26-,28?/m0/s1. The lowest BCUT2D eigenvalue weighted by molar-refractivity contribution is -0.271. The monoisotopic (exact) mass is 680 g/mol. The Morgan fingerprint density at radius 2 is 1.74 bits per heavy atom. The number of ether oxygens (including phenoxy) is 3. The number of nitrogens with one attached hydrogen (secondary N) is 2. The highest BCUT2D eigenvalue weighted by Crippen LogP contribution is 2.31. The van der Waals surface area contributed by atoms with Crippen LogP contribution in [0.15, 0.2) is 30.4 Å². The molecule has 0 radical (unpaired) electrons. The van der Waals surface area contributed by atoms with Gasteiger partial charge in [-0.25, -0.2) is 9.59 Å². The lowest BCUT2D eigenvalue weighted by Crippen LogP contribution is -2.61. The Bertz CT molecular complexity index is 1390. The van der Waals surface area contributed by atoms with Crippen LogP contribution < -0.4 is 15.4 Å². The Kier molecular flexibility index (Phi) is 12.2. The van der Waals surface area contributed by atoms with E-state index in [1.165, 1.54) is 18.2 Å². The summed E-state index contributed by atoms with van der Waals surface area (Å²) < 4.78 is 16.4. The van der Waals surface area contributed by atoms with Crippen LogP contribution in [-0.4, -0.2) is 128 Å². The van der Waals surface area contributed by atoms with Crippen molar-refractivity contribution in [1.29, 1.82) is 0 Å². The third-order valence-corrected chi connectivity index (χ3v) is 8.06. The van der Waals surface area contributed by atoms with Crippen molar-refractivity contribution >= 4 is 50.6 Å². The molecule has 0 saturated carbocycles. The number of aliphatic hydroxyl groups is 3. The maximum absolute atomic E-state index is 12.9. The number of aliphatic hydroxyl groups excluding tert-OH is 3. The summed E-state index contributed by atoms with van der Waals surface area (Å²) in [5, 5.41) is 44.9.